The lowest BCUT2D eigenvalue weighted by Crippen LogP contribution is -2.34. The number of carbonyl (C=O) groups excluding carboxylic acids is 1. The van der Waals surface area contributed by atoms with Gasteiger partial charge in [0.25, 0.3) is 15.9 Å². The molecule has 1 atom stereocenters. The van der Waals surface area contributed by atoms with Crippen LogP contribution in [0.15, 0.2) is 71.6 Å². The molecule has 0 unspecified atom stereocenters. The number of ether oxygens (including phenoxy) is 1. The molecule has 180 valence electrons. The van der Waals surface area contributed by atoms with E-state index in [-0.39, 0.29) is 16.8 Å². The third-order valence-corrected chi connectivity index (χ3v) is 7.14. The molecule has 0 aromatic heterocycles. The number of benzene rings is 3. The van der Waals surface area contributed by atoms with Crippen molar-refractivity contribution in [3.05, 3.63) is 89.0 Å². The molecule has 3 aromatic rings. The molecule has 0 spiro atoms. The van der Waals surface area contributed by atoms with Gasteiger partial charge in [-0.3, -0.25) is 9.52 Å². The second-order valence-corrected chi connectivity index (χ2v) is 10.1. The fraction of sp³-hybridized carbons (Fsp3) is 0.269. The zero-order chi connectivity index (χ0) is 24.9. The van der Waals surface area contributed by atoms with Crippen molar-refractivity contribution in [2.75, 3.05) is 32.5 Å². The van der Waals surface area contributed by atoms with Crippen molar-refractivity contribution >= 4 is 21.6 Å². The van der Waals surface area contributed by atoms with E-state index in [1.54, 1.807) is 50.4 Å². The van der Waals surface area contributed by atoms with Gasteiger partial charge in [0.1, 0.15) is 5.75 Å². The average molecular weight is 482 g/mol. The van der Waals surface area contributed by atoms with Gasteiger partial charge in [-0.1, -0.05) is 24.3 Å². The predicted molar refractivity (Wildman–Crippen MR) is 135 cm³/mol. The maximum atomic E-state index is 12.8. The van der Waals surface area contributed by atoms with Gasteiger partial charge in [0.2, 0.25) is 0 Å². The van der Waals surface area contributed by atoms with Crippen molar-refractivity contribution in [1.82, 2.24) is 10.2 Å². The summed E-state index contributed by atoms with van der Waals surface area (Å²) in [7, 11) is 1.80. The highest BCUT2D eigenvalue weighted by atomic mass is 32.2. The van der Waals surface area contributed by atoms with Gasteiger partial charge in [0.05, 0.1) is 18.0 Å². The first-order valence-corrected chi connectivity index (χ1v) is 12.4. The van der Waals surface area contributed by atoms with Gasteiger partial charge in [0.15, 0.2) is 0 Å². The SMILES string of the molecule is COc1ccc([C@H](CNC(=O)c2ccc(NS(=O)(=O)c3cc(C)ccc3C)cc2)N(C)C)cc1. The number of nitrogens with one attached hydrogen (secondary N) is 2. The normalized spacial score (nSPS) is 12.3. The second-order valence-electron chi connectivity index (χ2n) is 8.41. The molecule has 7 nitrogen and oxygen atoms in total. The molecule has 0 heterocycles. The zero-order valence-electron chi connectivity index (χ0n) is 20.1. The van der Waals surface area contributed by atoms with Crippen LogP contribution in [0.5, 0.6) is 5.75 Å². The Kier molecular flexibility index (Phi) is 7.96. The van der Waals surface area contributed by atoms with Gasteiger partial charge in [0, 0.05) is 17.8 Å². The molecule has 0 saturated heterocycles. The number of methoxy groups -OCH3 is 1. The lowest BCUT2D eigenvalue weighted by Gasteiger charge is -2.25. The van der Waals surface area contributed by atoms with Crippen LogP contribution in [0.25, 0.3) is 0 Å². The van der Waals surface area contributed by atoms with Gasteiger partial charge in [-0.2, -0.15) is 0 Å². The fourth-order valence-corrected chi connectivity index (χ4v) is 5.00. The monoisotopic (exact) mass is 481 g/mol. The lowest BCUT2D eigenvalue weighted by atomic mass is 10.1. The molecule has 0 aliphatic carbocycles. The molecular weight excluding hydrogens is 450 g/mol. The van der Waals surface area contributed by atoms with Gasteiger partial charge < -0.3 is 15.0 Å². The summed E-state index contributed by atoms with van der Waals surface area (Å²) in [4.78, 5) is 15.0. The molecule has 0 saturated carbocycles. The van der Waals surface area contributed by atoms with Crippen molar-refractivity contribution in [1.29, 1.82) is 0 Å². The van der Waals surface area contributed by atoms with Crippen LogP contribution in [0.4, 0.5) is 5.69 Å². The zero-order valence-corrected chi connectivity index (χ0v) is 20.9. The van der Waals surface area contributed by atoms with Crippen molar-refractivity contribution in [3.8, 4) is 5.75 Å². The van der Waals surface area contributed by atoms with Crippen molar-refractivity contribution < 1.29 is 17.9 Å². The standard InChI is InChI=1S/C26H31N3O4S/c1-18-6-7-19(2)25(16-18)34(31,32)28-22-12-8-21(9-13-22)26(30)27-17-24(29(3)4)20-10-14-23(33-5)15-11-20/h6-16,24,28H,17H2,1-5H3,(H,27,30)/t24-/m0/s1. The minimum absolute atomic E-state index is 0.0153. The second kappa shape index (κ2) is 10.7. The number of carbonyl (C=O) groups is 1. The number of anilines is 1. The quantitative estimate of drug-likeness (QED) is 0.480. The smallest absolute Gasteiger partial charge is 0.262 e. The number of rotatable bonds is 9. The van der Waals surface area contributed by atoms with E-state index < -0.39 is 10.0 Å². The molecule has 8 heteroatoms. The summed E-state index contributed by atoms with van der Waals surface area (Å²) in [6, 6.07) is 19.4. The lowest BCUT2D eigenvalue weighted by molar-refractivity contribution is 0.0942. The third-order valence-electron chi connectivity index (χ3n) is 5.61. The molecule has 2 N–H and O–H groups in total. The number of nitrogens with zero attached hydrogens (tertiary/aromatic N) is 1. The topological polar surface area (TPSA) is 87.7 Å². The van der Waals surface area contributed by atoms with Crippen LogP contribution >= 0.6 is 0 Å². The predicted octanol–water partition coefficient (Wildman–Crippen LogP) is 4.15. The van der Waals surface area contributed by atoms with Gasteiger partial charge in [-0.25, -0.2) is 8.42 Å². The van der Waals surface area contributed by atoms with Crippen molar-refractivity contribution in [2.45, 2.75) is 24.8 Å². The summed E-state index contributed by atoms with van der Waals surface area (Å²) in [5.41, 5.74) is 3.43. The number of hydrogen-bond acceptors (Lipinski definition) is 5. The molecule has 1 amide bonds. The molecule has 0 fully saturated rings. The van der Waals surface area contributed by atoms with Gasteiger partial charge in [-0.05, 0) is 87.1 Å². The Hall–Kier alpha value is -3.36. The fourth-order valence-electron chi connectivity index (χ4n) is 3.61. The summed E-state index contributed by atoms with van der Waals surface area (Å²) >= 11 is 0. The highest BCUT2D eigenvalue weighted by Gasteiger charge is 2.18. The summed E-state index contributed by atoms with van der Waals surface area (Å²) in [5, 5.41) is 2.96. The molecule has 3 aromatic carbocycles. The van der Waals surface area contributed by atoms with Crippen LogP contribution in [0, 0.1) is 13.8 Å². The van der Waals surface area contributed by atoms with E-state index in [0.717, 1.165) is 16.9 Å². The minimum atomic E-state index is -3.73. The number of sulfonamides is 1. The highest BCUT2D eigenvalue weighted by molar-refractivity contribution is 7.92. The number of aryl methyl sites for hydroxylation is 2. The number of amides is 1. The van der Waals surface area contributed by atoms with Gasteiger partial charge in [-0.15, -0.1) is 0 Å². The van der Waals surface area contributed by atoms with E-state index in [0.29, 0.717) is 23.4 Å². The first-order chi connectivity index (χ1) is 16.1. The van der Waals surface area contributed by atoms with E-state index in [2.05, 4.69) is 10.0 Å². The minimum Gasteiger partial charge on any atom is -0.497 e. The summed E-state index contributed by atoms with van der Waals surface area (Å²) in [5.74, 6) is 0.544. The molecule has 0 radical (unpaired) electrons. The molecule has 3 rings (SSSR count). The molecular formula is C26H31N3O4S. The first kappa shape index (κ1) is 25.3. The average Bonchev–Trinajstić information content (AvgIpc) is 2.81. The van der Waals surface area contributed by atoms with E-state index in [1.807, 2.05) is 56.3 Å². The van der Waals surface area contributed by atoms with Crippen LogP contribution in [-0.2, 0) is 10.0 Å². The Morgan fingerprint density at radius 2 is 1.62 bits per heavy atom. The Bertz CT molecular complexity index is 1240. The Morgan fingerprint density at radius 3 is 2.21 bits per heavy atom. The molecule has 34 heavy (non-hydrogen) atoms. The van der Waals surface area contributed by atoms with E-state index in [4.69, 9.17) is 4.74 Å². The Labute approximate surface area is 201 Å². The van der Waals surface area contributed by atoms with Crippen LogP contribution in [0.1, 0.15) is 33.1 Å². The Balaban J connectivity index is 1.66. The molecule has 0 bridgehead atoms. The number of hydrogen-bond donors (Lipinski definition) is 2. The summed E-state index contributed by atoms with van der Waals surface area (Å²) < 4.78 is 33.4. The maximum absolute atomic E-state index is 12.8. The van der Waals surface area contributed by atoms with Crippen LogP contribution < -0.4 is 14.8 Å². The van der Waals surface area contributed by atoms with Crippen LogP contribution in [-0.4, -0.2) is 47.0 Å². The van der Waals surface area contributed by atoms with Crippen molar-refractivity contribution in [2.24, 2.45) is 0 Å². The summed E-state index contributed by atoms with van der Waals surface area (Å²) in [6.07, 6.45) is 0. The number of likely N-dealkylation sites (N-methyl/N-ethyl adjacent to an activating group) is 1. The van der Waals surface area contributed by atoms with E-state index >= 15 is 0 Å². The third kappa shape index (κ3) is 6.15. The molecule has 0 aliphatic rings. The van der Waals surface area contributed by atoms with Gasteiger partial charge >= 0.3 is 0 Å². The molecule has 0 aliphatic heterocycles. The maximum Gasteiger partial charge on any atom is 0.262 e. The highest BCUT2D eigenvalue weighted by Crippen LogP contribution is 2.22. The first-order valence-electron chi connectivity index (χ1n) is 10.9. The van der Waals surface area contributed by atoms with E-state index in [9.17, 15) is 13.2 Å². The van der Waals surface area contributed by atoms with E-state index in [1.165, 1.54) is 0 Å². The van der Waals surface area contributed by atoms with Crippen molar-refractivity contribution in [3.63, 3.8) is 0 Å². The Morgan fingerprint density at radius 1 is 0.971 bits per heavy atom. The van der Waals surface area contributed by atoms with Crippen LogP contribution in [0.3, 0.4) is 0 Å². The van der Waals surface area contributed by atoms with Crippen LogP contribution in [0.2, 0.25) is 0 Å². The largest absolute Gasteiger partial charge is 0.497 e. The summed E-state index contributed by atoms with van der Waals surface area (Å²) in [6.45, 7) is 4.02.